The Labute approximate surface area is 179 Å². The monoisotopic (exact) mass is 424 g/mol. The molecule has 154 valence electrons. The number of hydrogen-bond acceptors (Lipinski definition) is 7. The predicted molar refractivity (Wildman–Crippen MR) is 116 cm³/mol. The fourth-order valence-corrected chi connectivity index (χ4v) is 3.93. The zero-order chi connectivity index (χ0) is 20.9. The molecule has 1 aromatic carbocycles. The van der Waals surface area contributed by atoms with Crippen molar-refractivity contribution in [2.75, 3.05) is 23.3 Å². The zero-order valence-corrected chi connectivity index (χ0v) is 17.0. The zero-order valence-electron chi connectivity index (χ0n) is 16.2. The van der Waals surface area contributed by atoms with Crippen molar-refractivity contribution in [3.05, 3.63) is 75.8 Å². The molecule has 1 N–H and O–H groups in total. The lowest BCUT2D eigenvalue weighted by molar-refractivity contribution is -0.383. The van der Waals surface area contributed by atoms with Gasteiger partial charge in [-0.05, 0) is 42.9 Å². The van der Waals surface area contributed by atoms with E-state index >= 15 is 0 Å². The molecule has 0 saturated carbocycles. The van der Waals surface area contributed by atoms with Gasteiger partial charge in [-0.1, -0.05) is 41.9 Å². The van der Waals surface area contributed by atoms with E-state index in [1.807, 2.05) is 11.0 Å². The summed E-state index contributed by atoms with van der Waals surface area (Å²) in [7, 11) is 0. The number of hydrogen-bond donors (Lipinski definition) is 1. The summed E-state index contributed by atoms with van der Waals surface area (Å²) in [4.78, 5) is 25.7. The summed E-state index contributed by atoms with van der Waals surface area (Å²) in [6.45, 7) is 1.42. The number of halogens is 1. The number of pyridine rings is 1. The van der Waals surface area contributed by atoms with Crippen LogP contribution in [-0.4, -0.2) is 33.0 Å². The van der Waals surface area contributed by atoms with Crippen LogP contribution in [0.25, 0.3) is 0 Å². The van der Waals surface area contributed by atoms with Gasteiger partial charge in [-0.2, -0.15) is 0 Å². The topological polar surface area (TPSA) is 97.1 Å². The summed E-state index contributed by atoms with van der Waals surface area (Å²) in [5, 5.41) is 15.0. The van der Waals surface area contributed by atoms with E-state index in [1.54, 1.807) is 18.3 Å². The van der Waals surface area contributed by atoms with E-state index in [2.05, 4.69) is 44.5 Å². The second kappa shape index (κ2) is 9.04. The van der Waals surface area contributed by atoms with Crippen LogP contribution in [-0.2, 0) is 6.42 Å². The lowest BCUT2D eigenvalue weighted by atomic mass is 9.90. The van der Waals surface area contributed by atoms with Crippen LogP contribution < -0.4 is 10.2 Å². The number of aromatic nitrogens is 3. The number of nitrogens with zero attached hydrogens (tertiary/aromatic N) is 5. The van der Waals surface area contributed by atoms with Gasteiger partial charge < -0.3 is 10.2 Å². The molecule has 9 heteroatoms. The summed E-state index contributed by atoms with van der Waals surface area (Å²) in [6.07, 6.45) is 5.81. The van der Waals surface area contributed by atoms with E-state index in [-0.39, 0.29) is 16.7 Å². The number of anilines is 3. The molecule has 8 nitrogen and oxygen atoms in total. The molecule has 1 fully saturated rings. The van der Waals surface area contributed by atoms with Crippen molar-refractivity contribution in [3.8, 4) is 0 Å². The Bertz CT molecular complexity index is 1030. The van der Waals surface area contributed by atoms with Crippen LogP contribution in [0.5, 0.6) is 0 Å². The van der Waals surface area contributed by atoms with Crippen molar-refractivity contribution < 1.29 is 4.92 Å². The fourth-order valence-electron chi connectivity index (χ4n) is 3.76. The van der Waals surface area contributed by atoms with Crippen LogP contribution in [0, 0.1) is 16.0 Å². The molecule has 30 heavy (non-hydrogen) atoms. The quantitative estimate of drug-likeness (QED) is 0.350. The maximum absolute atomic E-state index is 11.9. The first-order valence-electron chi connectivity index (χ1n) is 9.77. The highest BCUT2D eigenvalue weighted by molar-refractivity contribution is 6.32. The normalized spacial score (nSPS) is 14.5. The van der Waals surface area contributed by atoms with Gasteiger partial charge in [0.1, 0.15) is 6.33 Å². The third-order valence-electron chi connectivity index (χ3n) is 5.28. The molecule has 0 amide bonds. The molecule has 1 aliphatic heterocycles. The summed E-state index contributed by atoms with van der Waals surface area (Å²) < 4.78 is 0. The third-order valence-corrected chi connectivity index (χ3v) is 5.58. The third kappa shape index (κ3) is 4.49. The minimum atomic E-state index is -0.446. The number of nitro groups is 1. The molecule has 2 aromatic heterocycles. The molecule has 0 atom stereocenters. The second-order valence-electron chi connectivity index (χ2n) is 7.24. The highest BCUT2D eigenvalue weighted by Gasteiger charge is 2.30. The van der Waals surface area contributed by atoms with E-state index in [9.17, 15) is 10.1 Å². The van der Waals surface area contributed by atoms with Crippen LogP contribution in [0.4, 0.5) is 23.0 Å². The number of piperidine rings is 1. The van der Waals surface area contributed by atoms with Gasteiger partial charge in [-0.3, -0.25) is 10.1 Å². The second-order valence-corrected chi connectivity index (χ2v) is 7.60. The van der Waals surface area contributed by atoms with Crippen molar-refractivity contribution >= 4 is 34.6 Å². The van der Waals surface area contributed by atoms with E-state index in [0.717, 1.165) is 19.3 Å². The van der Waals surface area contributed by atoms with E-state index < -0.39 is 4.92 Å². The fraction of sp³-hybridized carbons (Fsp3) is 0.286. The van der Waals surface area contributed by atoms with Crippen molar-refractivity contribution in [2.45, 2.75) is 19.3 Å². The maximum Gasteiger partial charge on any atom is 0.353 e. The average Bonchev–Trinajstić information content (AvgIpc) is 2.76. The van der Waals surface area contributed by atoms with Gasteiger partial charge in [-0.25, -0.2) is 15.0 Å². The number of nitrogens with one attached hydrogen (secondary N) is 1. The van der Waals surface area contributed by atoms with Crippen LogP contribution in [0.3, 0.4) is 0 Å². The van der Waals surface area contributed by atoms with E-state index in [4.69, 9.17) is 11.6 Å². The Balaban J connectivity index is 1.52. The van der Waals surface area contributed by atoms with E-state index in [0.29, 0.717) is 30.5 Å². The SMILES string of the molecule is O=[N+]([O-])c1c(Nc2cccnc2Cl)ncnc1N1CCC(Cc2ccccc2)CC1. The van der Waals surface area contributed by atoms with Crippen molar-refractivity contribution in [2.24, 2.45) is 5.92 Å². The maximum atomic E-state index is 11.9. The standard InChI is InChI=1S/C21H21ClN6O2/c22-19-17(7-4-10-23-19)26-20-18(28(29)30)21(25-14-24-20)27-11-8-16(9-12-27)13-15-5-2-1-3-6-15/h1-7,10,14,16H,8-9,11-13H2,(H,24,25,26). The minimum Gasteiger partial charge on any atom is -0.351 e. The largest absolute Gasteiger partial charge is 0.353 e. The highest BCUT2D eigenvalue weighted by Crippen LogP contribution is 2.36. The van der Waals surface area contributed by atoms with Gasteiger partial charge >= 0.3 is 5.69 Å². The van der Waals surface area contributed by atoms with Crippen LogP contribution in [0.2, 0.25) is 5.15 Å². The molecular weight excluding hydrogens is 404 g/mol. The summed E-state index contributed by atoms with van der Waals surface area (Å²) in [5.41, 5.74) is 1.62. The molecular formula is C21H21ClN6O2. The summed E-state index contributed by atoms with van der Waals surface area (Å²) >= 11 is 6.08. The Morgan fingerprint density at radius 1 is 1.10 bits per heavy atom. The molecule has 0 spiro atoms. The molecule has 0 aliphatic carbocycles. The summed E-state index contributed by atoms with van der Waals surface area (Å²) in [6, 6.07) is 13.8. The Morgan fingerprint density at radius 3 is 2.57 bits per heavy atom. The first kappa shape index (κ1) is 20.0. The molecule has 3 heterocycles. The Morgan fingerprint density at radius 2 is 1.87 bits per heavy atom. The number of benzene rings is 1. The van der Waals surface area contributed by atoms with Gasteiger partial charge in [0.15, 0.2) is 5.15 Å². The molecule has 0 radical (unpaired) electrons. The van der Waals surface area contributed by atoms with Gasteiger partial charge in [0.2, 0.25) is 11.6 Å². The molecule has 1 aliphatic rings. The Kier molecular flexibility index (Phi) is 6.04. The molecule has 0 unspecified atom stereocenters. The van der Waals surface area contributed by atoms with Crippen molar-refractivity contribution in [1.82, 2.24) is 15.0 Å². The van der Waals surface area contributed by atoms with Crippen LogP contribution in [0.1, 0.15) is 18.4 Å². The lowest BCUT2D eigenvalue weighted by Crippen LogP contribution is -2.35. The predicted octanol–water partition coefficient (Wildman–Crippen LogP) is 4.64. The smallest absolute Gasteiger partial charge is 0.351 e. The molecule has 3 aromatic rings. The molecule has 0 bridgehead atoms. The lowest BCUT2D eigenvalue weighted by Gasteiger charge is -2.32. The van der Waals surface area contributed by atoms with Gasteiger partial charge in [0.05, 0.1) is 10.6 Å². The Hall–Kier alpha value is -3.26. The first-order chi connectivity index (χ1) is 14.6. The van der Waals surface area contributed by atoms with Crippen molar-refractivity contribution in [3.63, 3.8) is 0 Å². The highest BCUT2D eigenvalue weighted by atomic mass is 35.5. The van der Waals surface area contributed by atoms with Gasteiger partial charge in [0, 0.05) is 19.3 Å². The summed E-state index contributed by atoms with van der Waals surface area (Å²) in [5.74, 6) is 0.985. The van der Waals surface area contributed by atoms with Gasteiger partial charge in [0.25, 0.3) is 0 Å². The van der Waals surface area contributed by atoms with E-state index in [1.165, 1.54) is 11.9 Å². The number of rotatable bonds is 6. The molecule has 1 saturated heterocycles. The average molecular weight is 425 g/mol. The van der Waals surface area contributed by atoms with Crippen LogP contribution >= 0.6 is 11.6 Å². The van der Waals surface area contributed by atoms with Gasteiger partial charge in [-0.15, -0.1) is 0 Å². The van der Waals surface area contributed by atoms with Crippen LogP contribution in [0.15, 0.2) is 55.0 Å². The van der Waals surface area contributed by atoms with Crippen molar-refractivity contribution in [1.29, 1.82) is 0 Å². The molecule has 4 rings (SSSR count). The first-order valence-corrected chi connectivity index (χ1v) is 10.2. The minimum absolute atomic E-state index is 0.103.